The summed E-state index contributed by atoms with van der Waals surface area (Å²) in [6.45, 7) is 7.04. The van der Waals surface area contributed by atoms with Crippen molar-refractivity contribution in [3.63, 3.8) is 0 Å². The highest BCUT2D eigenvalue weighted by Crippen LogP contribution is 2.24. The van der Waals surface area contributed by atoms with Crippen LogP contribution >= 0.6 is 0 Å². The summed E-state index contributed by atoms with van der Waals surface area (Å²) >= 11 is 0. The Hall–Kier alpha value is -2.47. The fourth-order valence-electron chi connectivity index (χ4n) is 4.01. The Morgan fingerprint density at radius 2 is 1.74 bits per heavy atom. The summed E-state index contributed by atoms with van der Waals surface area (Å²) in [7, 11) is 0. The molecule has 3 heterocycles. The average Bonchev–Trinajstić information content (AvgIpc) is 2.98. The zero-order valence-corrected chi connectivity index (χ0v) is 16.1. The molecule has 0 bridgehead atoms. The van der Waals surface area contributed by atoms with Gasteiger partial charge in [0.05, 0.1) is 0 Å². The first-order valence-corrected chi connectivity index (χ1v) is 9.74. The molecule has 142 valence electrons. The molecule has 0 unspecified atom stereocenters. The third-order valence-electron chi connectivity index (χ3n) is 5.79. The van der Waals surface area contributed by atoms with Gasteiger partial charge in [0.1, 0.15) is 5.82 Å². The lowest BCUT2D eigenvalue weighted by Gasteiger charge is -2.23. The van der Waals surface area contributed by atoms with E-state index < -0.39 is 0 Å². The maximum absolute atomic E-state index is 13.2. The highest BCUT2D eigenvalue weighted by Gasteiger charge is 2.27. The molecular weight excluding hydrogens is 338 g/mol. The zero-order valence-electron chi connectivity index (χ0n) is 16.1. The van der Waals surface area contributed by atoms with E-state index in [1.807, 2.05) is 18.7 Å². The number of aryl methyl sites for hydroxylation is 1. The molecular formula is C21H27N5O. The summed E-state index contributed by atoms with van der Waals surface area (Å²) in [5.74, 6) is 1.09. The molecule has 1 amide bonds. The Bertz CT molecular complexity index is 839. The number of rotatable bonds is 2. The molecule has 6 nitrogen and oxygen atoms in total. The number of fused-ring (bicyclic) bond motifs is 1. The van der Waals surface area contributed by atoms with Crippen molar-refractivity contribution in [2.75, 3.05) is 31.1 Å². The van der Waals surface area contributed by atoms with Crippen molar-refractivity contribution in [2.45, 2.75) is 39.2 Å². The standard InChI is InChI=1S/C21H27N5O/c1-14-15(2)23-19(24-20(14)26-12-9-18(22)13-26)21(27)25-10-7-16-5-3-4-6-17(16)8-11-25/h3-6,18H,7-13,22H2,1-2H3/t18-/m1/s1. The van der Waals surface area contributed by atoms with Crippen molar-refractivity contribution in [3.8, 4) is 0 Å². The minimum Gasteiger partial charge on any atom is -0.355 e. The van der Waals surface area contributed by atoms with Crippen LogP contribution < -0.4 is 10.6 Å². The summed E-state index contributed by atoms with van der Waals surface area (Å²) in [6.07, 6.45) is 2.71. The van der Waals surface area contributed by atoms with Gasteiger partial charge < -0.3 is 15.5 Å². The van der Waals surface area contributed by atoms with Crippen molar-refractivity contribution < 1.29 is 4.79 Å². The van der Waals surface area contributed by atoms with Gasteiger partial charge in [0.2, 0.25) is 5.82 Å². The van der Waals surface area contributed by atoms with Gasteiger partial charge in [-0.15, -0.1) is 0 Å². The number of anilines is 1. The molecule has 1 atom stereocenters. The Balaban J connectivity index is 1.58. The number of amides is 1. The molecule has 1 fully saturated rings. The monoisotopic (exact) mass is 365 g/mol. The van der Waals surface area contributed by atoms with Gasteiger partial charge in [0.25, 0.3) is 5.91 Å². The summed E-state index contributed by atoms with van der Waals surface area (Å²) in [6, 6.07) is 8.61. The minimum atomic E-state index is -0.0735. The van der Waals surface area contributed by atoms with Crippen LogP contribution in [-0.2, 0) is 12.8 Å². The second-order valence-electron chi connectivity index (χ2n) is 7.64. The molecule has 1 aromatic heterocycles. The number of carbonyl (C=O) groups is 1. The molecule has 27 heavy (non-hydrogen) atoms. The number of hydrogen-bond acceptors (Lipinski definition) is 5. The Morgan fingerprint density at radius 3 is 2.33 bits per heavy atom. The third-order valence-corrected chi connectivity index (χ3v) is 5.79. The van der Waals surface area contributed by atoms with E-state index in [9.17, 15) is 4.79 Å². The Morgan fingerprint density at radius 1 is 1.07 bits per heavy atom. The van der Waals surface area contributed by atoms with Crippen molar-refractivity contribution in [2.24, 2.45) is 5.73 Å². The number of nitrogens with zero attached hydrogens (tertiary/aromatic N) is 4. The second kappa shape index (κ2) is 7.27. The van der Waals surface area contributed by atoms with Crippen molar-refractivity contribution in [3.05, 3.63) is 52.5 Å². The minimum absolute atomic E-state index is 0.0735. The van der Waals surface area contributed by atoms with Gasteiger partial charge in [0, 0.05) is 43.5 Å². The number of nitrogens with two attached hydrogens (primary N) is 1. The van der Waals surface area contributed by atoms with Gasteiger partial charge in [-0.05, 0) is 44.2 Å². The fraction of sp³-hybridized carbons (Fsp3) is 0.476. The Labute approximate surface area is 160 Å². The molecule has 2 aromatic rings. The molecule has 2 aliphatic rings. The van der Waals surface area contributed by atoms with Gasteiger partial charge in [-0.3, -0.25) is 4.79 Å². The van der Waals surface area contributed by atoms with Crippen molar-refractivity contribution in [1.29, 1.82) is 0 Å². The second-order valence-corrected chi connectivity index (χ2v) is 7.64. The highest BCUT2D eigenvalue weighted by molar-refractivity contribution is 5.91. The molecule has 6 heteroatoms. The molecule has 1 aromatic carbocycles. The summed E-state index contributed by atoms with van der Waals surface area (Å²) in [4.78, 5) is 26.4. The quantitative estimate of drug-likeness (QED) is 0.879. The van der Waals surface area contributed by atoms with E-state index in [-0.39, 0.29) is 11.9 Å². The van der Waals surface area contributed by atoms with Crippen LogP contribution in [0.25, 0.3) is 0 Å². The predicted molar refractivity (Wildman–Crippen MR) is 106 cm³/mol. The maximum atomic E-state index is 13.2. The molecule has 2 aliphatic heterocycles. The van der Waals surface area contributed by atoms with Gasteiger partial charge in [-0.25, -0.2) is 9.97 Å². The third kappa shape index (κ3) is 3.54. The maximum Gasteiger partial charge on any atom is 0.291 e. The molecule has 0 saturated carbocycles. The van der Waals surface area contributed by atoms with Crippen molar-refractivity contribution in [1.82, 2.24) is 14.9 Å². The van der Waals surface area contributed by atoms with E-state index >= 15 is 0 Å². The van der Waals surface area contributed by atoms with Crippen molar-refractivity contribution >= 4 is 11.7 Å². The van der Waals surface area contributed by atoms with Gasteiger partial charge >= 0.3 is 0 Å². The van der Waals surface area contributed by atoms with E-state index in [2.05, 4.69) is 39.1 Å². The first-order valence-electron chi connectivity index (χ1n) is 9.74. The lowest BCUT2D eigenvalue weighted by Crippen LogP contribution is -2.35. The van der Waals surface area contributed by atoms with Crippen LogP contribution in [-0.4, -0.2) is 53.0 Å². The van der Waals surface area contributed by atoms with Crippen LogP contribution in [0.4, 0.5) is 5.82 Å². The average molecular weight is 365 g/mol. The van der Waals surface area contributed by atoms with Crippen LogP contribution in [0.15, 0.2) is 24.3 Å². The first-order chi connectivity index (χ1) is 13.0. The van der Waals surface area contributed by atoms with Crippen LogP contribution in [0.3, 0.4) is 0 Å². The molecule has 2 N–H and O–H groups in total. The normalized spacial score (nSPS) is 19.7. The topological polar surface area (TPSA) is 75.4 Å². The fourth-order valence-corrected chi connectivity index (χ4v) is 4.01. The van der Waals surface area contributed by atoms with E-state index in [0.717, 1.165) is 49.4 Å². The molecule has 1 saturated heterocycles. The lowest BCUT2D eigenvalue weighted by atomic mass is 10.0. The molecule has 0 radical (unpaired) electrons. The van der Waals surface area contributed by atoms with Gasteiger partial charge in [-0.2, -0.15) is 0 Å². The number of aromatic nitrogens is 2. The lowest BCUT2D eigenvalue weighted by molar-refractivity contribution is 0.0750. The summed E-state index contributed by atoms with van der Waals surface area (Å²) in [5.41, 5.74) is 10.6. The van der Waals surface area contributed by atoms with E-state index in [0.29, 0.717) is 18.9 Å². The number of benzene rings is 1. The van der Waals surface area contributed by atoms with E-state index in [1.54, 1.807) is 0 Å². The van der Waals surface area contributed by atoms with E-state index in [1.165, 1.54) is 11.1 Å². The summed E-state index contributed by atoms with van der Waals surface area (Å²) in [5, 5.41) is 0. The van der Waals surface area contributed by atoms with E-state index in [4.69, 9.17) is 5.73 Å². The van der Waals surface area contributed by atoms with Gasteiger partial charge in [0.15, 0.2) is 0 Å². The van der Waals surface area contributed by atoms with Crippen LogP contribution in [0.1, 0.15) is 39.4 Å². The first kappa shape index (κ1) is 17.9. The van der Waals surface area contributed by atoms with Crippen LogP contribution in [0.5, 0.6) is 0 Å². The van der Waals surface area contributed by atoms with Crippen LogP contribution in [0.2, 0.25) is 0 Å². The summed E-state index contributed by atoms with van der Waals surface area (Å²) < 4.78 is 0. The zero-order chi connectivity index (χ0) is 19.0. The highest BCUT2D eigenvalue weighted by atomic mass is 16.2. The van der Waals surface area contributed by atoms with Gasteiger partial charge in [-0.1, -0.05) is 24.3 Å². The van der Waals surface area contributed by atoms with Crippen LogP contribution in [0, 0.1) is 13.8 Å². The SMILES string of the molecule is Cc1nc(C(=O)N2CCc3ccccc3CC2)nc(N2CC[C@@H](N)C2)c1C. The smallest absolute Gasteiger partial charge is 0.291 e. The molecule has 0 aliphatic carbocycles. The number of hydrogen-bond donors (Lipinski definition) is 1. The Kier molecular flexibility index (Phi) is 4.83. The molecule has 0 spiro atoms. The largest absolute Gasteiger partial charge is 0.355 e. The number of carbonyl (C=O) groups excluding carboxylic acids is 1. The molecule has 4 rings (SSSR count). The predicted octanol–water partition coefficient (Wildman–Crippen LogP) is 1.87.